The van der Waals surface area contributed by atoms with Crippen LogP contribution in [0.2, 0.25) is 0 Å². The molecule has 105 heavy (non-hydrogen) atoms. The van der Waals surface area contributed by atoms with Gasteiger partial charge >= 0.3 is 39.5 Å². The maximum Gasteiger partial charge on any atom is 0.472 e. The molecule has 0 amide bonds. The van der Waals surface area contributed by atoms with Gasteiger partial charge < -0.3 is 33.8 Å². The minimum Gasteiger partial charge on any atom is -0.462 e. The van der Waals surface area contributed by atoms with Gasteiger partial charge in [-0.2, -0.15) is 0 Å². The highest BCUT2D eigenvalue weighted by atomic mass is 31.2. The molecule has 0 saturated heterocycles. The molecule has 0 radical (unpaired) electrons. The molecule has 0 aliphatic rings. The first-order chi connectivity index (χ1) is 50.9. The van der Waals surface area contributed by atoms with Crippen molar-refractivity contribution in [2.24, 2.45) is 11.8 Å². The predicted molar refractivity (Wildman–Crippen MR) is 432 cm³/mol. The summed E-state index contributed by atoms with van der Waals surface area (Å²) < 4.78 is 68.9. The minimum atomic E-state index is -4.97. The van der Waals surface area contributed by atoms with Gasteiger partial charge in [0, 0.05) is 25.7 Å². The number of aliphatic hydroxyl groups excluding tert-OH is 1. The second-order valence-electron chi connectivity index (χ2n) is 31.6. The van der Waals surface area contributed by atoms with Crippen molar-refractivity contribution in [3.8, 4) is 0 Å². The van der Waals surface area contributed by atoms with Gasteiger partial charge in [0.15, 0.2) is 12.2 Å². The summed E-state index contributed by atoms with van der Waals surface area (Å²) in [7, 11) is -9.93. The summed E-state index contributed by atoms with van der Waals surface area (Å²) in [5.74, 6) is -0.499. The molecule has 6 atom stereocenters. The van der Waals surface area contributed by atoms with Crippen molar-refractivity contribution in [3.05, 3.63) is 0 Å². The van der Waals surface area contributed by atoms with Gasteiger partial charge in [0.1, 0.15) is 19.3 Å². The van der Waals surface area contributed by atoms with Crippen LogP contribution in [0.3, 0.4) is 0 Å². The molecule has 0 rings (SSSR count). The van der Waals surface area contributed by atoms with Crippen LogP contribution in [-0.2, 0) is 65.4 Å². The number of ether oxygens (including phenoxy) is 4. The Morgan fingerprint density at radius 2 is 0.486 bits per heavy atom. The predicted octanol–water partition coefficient (Wildman–Crippen LogP) is 26.2. The lowest BCUT2D eigenvalue weighted by Crippen LogP contribution is -2.30. The Hall–Kier alpha value is -1.94. The number of phosphoric ester groups is 2. The van der Waals surface area contributed by atoms with Gasteiger partial charge in [-0.05, 0) is 37.5 Å². The van der Waals surface area contributed by atoms with E-state index in [1.165, 1.54) is 276 Å². The molecule has 0 aliphatic carbocycles. The van der Waals surface area contributed by atoms with E-state index in [9.17, 15) is 43.2 Å². The first kappa shape index (κ1) is 103. The summed E-state index contributed by atoms with van der Waals surface area (Å²) in [6.07, 6.45) is 69.3. The van der Waals surface area contributed by atoms with Gasteiger partial charge in [-0.25, -0.2) is 9.13 Å². The average molecular weight is 1540 g/mol. The number of rotatable bonds is 85. The normalized spacial score (nSPS) is 14.1. The van der Waals surface area contributed by atoms with Gasteiger partial charge in [0.2, 0.25) is 0 Å². The molecule has 17 nitrogen and oxygen atoms in total. The van der Waals surface area contributed by atoms with E-state index in [1.807, 2.05) is 0 Å². The van der Waals surface area contributed by atoms with Gasteiger partial charge in [-0.15, -0.1) is 0 Å². The summed E-state index contributed by atoms with van der Waals surface area (Å²) in [5, 5.41) is 10.7. The first-order valence-electron chi connectivity index (χ1n) is 44.5. The molecule has 0 aliphatic heterocycles. The second-order valence-corrected chi connectivity index (χ2v) is 34.6. The monoisotopic (exact) mass is 1540 g/mol. The summed E-state index contributed by atoms with van der Waals surface area (Å²) >= 11 is 0. The molecule has 0 aromatic carbocycles. The zero-order valence-electron chi connectivity index (χ0n) is 69.0. The Bertz CT molecular complexity index is 2010. The molecule has 0 saturated carbocycles. The van der Waals surface area contributed by atoms with Crippen LogP contribution in [0.4, 0.5) is 0 Å². The second kappa shape index (κ2) is 77.4. The van der Waals surface area contributed by atoms with E-state index in [2.05, 4.69) is 41.5 Å². The lowest BCUT2D eigenvalue weighted by atomic mass is 9.99. The van der Waals surface area contributed by atoms with Crippen molar-refractivity contribution in [2.75, 3.05) is 39.6 Å². The van der Waals surface area contributed by atoms with Crippen LogP contribution < -0.4 is 0 Å². The molecular weight excluding hydrogens is 1370 g/mol. The van der Waals surface area contributed by atoms with E-state index >= 15 is 0 Å². The summed E-state index contributed by atoms with van der Waals surface area (Å²) in [6.45, 7) is 9.72. The third-order valence-electron chi connectivity index (χ3n) is 20.6. The zero-order valence-corrected chi connectivity index (χ0v) is 70.8. The first-order valence-corrected chi connectivity index (χ1v) is 47.5. The highest BCUT2D eigenvalue weighted by molar-refractivity contribution is 7.47. The number of aliphatic hydroxyl groups is 1. The Labute approximate surface area is 645 Å². The van der Waals surface area contributed by atoms with Crippen LogP contribution in [0, 0.1) is 11.8 Å². The van der Waals surface area contributed by atoms with Crippen molar-refractivity contribution in [3.63, 3.8) is 0 Å². The summed E-state index contributed by atoms with van der Waals surface area (Å²) in [5.41, 5.74) is 0. The fourth-order valence-electron chi connectivity index (χ4n) is 13.4. The van der Waals surface area contributed by atoms with Crippen molar-refractivity contribution < 1.29 is 80.2 Å². The van der Waals surface area contributed by atoms with E-state index in [-0.39, 0.29) is 25.7 Å². The molecule has 0 heterocycles. The lowest BCUT2D eigenvalue weighted by Gasteiger charge is -2.21. The number of hydrogen-bond donors (Lipinski definition) is 3. The number of carbonyl (C=O) groups is 4. The van der Waals surface area contributed by atoms with Crippen molar-refractivity contribution in [1.82, 2.24) is 0 Å². The maximum atomic E-state index is 13.2. The third kappa shape index (κ3) is 78.5. The number of phosphoric acid groups is 2. The van der Waals surface area contributed by atoms with Crippen LogP contribution in [0.15, 0.2) is 0 Å². The average Bonchev–Trinajstić information content (AvgIpc) is 0.904. The molecule has 624 valence electrons. The number of unbranched alkanes of at least 4 members (excludes halogenated alkanes) is 54. The molecule has 3 N–H and O–H groups in total. The van der Waals surface area contributed by atoms with E-state index in [4.69, 9.17) is 37.0 Å². The van der Waals surface area contributed by atoms with Crippen LogP contribution in [0.25, 0.3) is 0 Å². The Balaban J connectivity index is 5.25. The standard InChI is InChI=1S/C86H168O17P2/c1-7-10-12-14-16-18-20-22-23-24-25-26-27-28-29-35-39-46-52-58-64-70-85(90)102-81(74-97-84(89)69-63-57-51-45-38-34-31-30-33-36-43-49-55-61-67-79(6)9-3)76-100-104(92,93)98-72-80(87)73-99-105(94,95)101-77-82(103-86(91)71-65-59-53-47-41-40-42-48-54-60-66-78(4)5)75-96-83(88)68-62-56-50-44-37-32-21-19-17-15-13-11-8-2/h78-82,87H,7-77H2,1-6H3,(H,92,93)(H,94,95)/t79?,80-,81-,82-/m1/s1. The van der Waals surface area contributed by atoms with Gasteiger partial charge in [0.25, 0.3) is 0 Å². The highest BCUT2D eigenvalue weighted by Crippen LogP contribution is 2.45. The molecule has 0 spiro atoms. The van der Waals surface area contributed by atoms with E-state index < -0.39 is 97.5 Å². The fraction of sp³-hybridized carbons (Fsp3) is 0.953. The smallest absolute Gasteiger partial charge is 0.462 e. The molecule has 0 bridgehead atoms. The third-order valence-corrected chi connectivity index (χ3v) is 22.5. The Morgan fingerprint density at radius 1 is 0.276 bits per heavy atom. The van der Waals surface area contributed by atoms with E-state index in [0.29, 0.717) is 25.7 Å². The van der Waals surface area contributed by atoms with Crippen molar-refractivity contribution in [1.29, 1.82) is 0 Å². The molecule has 0 aromatic heterocycles. The van der Waals surface area contributed by atoms with Crippen LogP contribution in [0.1, 0.15) is 459 Å². The number of carbonyl (C=O) groups excluding carboxylic acids is 4. The van der Waals surface area contributed by atoms with Gasteiger partial charge in [0.05, 0.1) is 26.4 Å². The maximum absolute atomic E-state index is 13.2. The fourth-order valence-corrected chi connectivity index (χ4v) is 15.0. The Kier molecular flexibility index (Phi) is 76.0. The molecule has 3 unspecified atom stereocenters. The van der Waals surface area contributed by atoms with E-state index in [0.717, 1.165) is 102 Å². The number of esters is 4. The molecular formula is C86H168O17P2. The lowest BCUT2D eigenvalue weighted by molar-refractivity contribution is -0.161. The largest absolute Gasteiger partial charge is 0.472 e. The van der Waals surface area contributed by atoms with Crippen LogP contribution >= 0.6 is 15.6 Å². The summed E-state index contributed by atoms with van der Waals surface area (Å²) in [4.78, 5) is 73.2. The highest BCUT2D eigenvalue weighted by Gasteiger charge is 2.30. The SMILES string of the molecule is CCCCCCCCCCCCCCCCCCCCCCCC(=O)O[C@H](COC(=O)CCCCCCCCCCCCCCCCC(C)CC)COP(=O)(O)OC[C@@H](O)COP(=O)(O)OC[C@@H](COC(=O)CCCCCCCCCCCCCCC)OC(=O)CCCCCCCCCCCCC(C)C. The molecule has 0 fully saturated rings. The quantitative estimate of drug-likeness (QED) is 0.0222. The van der Waals surface area contributed by atoms with Crippen LogP contribution in [-0.4, -0.2) is 96.7 Å². The Morgan fingerprint density at radius 3 is 0.724 bits per heavy atom. The molecule has 0 aromatic rings. The van der Waals surface area contributed by atoms with Crippen molar-refractivity contribution in [2.45, 2.75) is 477 Å². The van der Waals surface area contributed by atoms with Gasteiger partial charge in [-0.3, -0.25) is 37.3 Å². The van der Waals surface area contributed by atoms with Crippen LogP contribution in [0.5, 0.6) is 0 Å². The van der Waals surface area contributed by atoms with Crippen molar-refractivity contribution >= 4 is 39.5 Å². The number of hydrogen-bond acceptors (Lipinski definition) is 15. The summed E-state index contributed by atoms with van der Waals surface area (Å²) in [6, 6.07) is 0. The minimum absolute atomic E-state index is 0.107. The topological polar surface area (TPSA) is 237 Å². The zero-order chi connectivity index (χ0) is 77.1. The molecule has 19 heteroatoms. The van der Waals surface area contributed by atoms with Gasteiger partial charge in [-0.1, -0.05) is 408 Å². The van der Waals surface area contributed by atoms with E-state index in [1.54, 1.807) is 0 Å².